The first-order valence-corrected chi connectivity index (χ1v) is 7.12. The maximum absolute atomic E-state index is 11.7. The minimum absolute atomic E-state index is 0.297. The number of carbonyl (C=O) groups is 2. The van der Waals surface area contributed by atoms with Crippen molar-refractivity contribution in [2.75, 3.05) is 7.11 Å². The molecule has 0 bridgehead atoms. The largest absolute Gasteiger partial charge is 0.465 e. The van der Waals surface area contributed by atoms with Gasteiger partial charge in [0.25, 0.3) is 0 Å². The van der Waals surface area contributed by atoms with Crippen LogP contribution in [-0.4, -0.2) is 19.1 Å². The van der Waals surface area contributed by atoms with E-state index >= 15 is 0 Å². The van der Waals surface area contributed by atoms with E-state index in [1.807, 2.05) is 36.4 Å². The van der Waals surface area contributed by atoms with Gasteiger partial charge in [0, 0.05) is 12.7 Å². The van der Waals surface area contributed by atoms with Crippen LogP contribution in [-0.2, 0) is 11.3 Å². The van der Waals surface area contributed by atoms with Gasteiger partial charge < -0.3 is 15.4 Å². The summed E-state index contributed by atoms with van der Waals surface area (Å²) in [6, 6.07) is 16.2. The molecule has 0 unspecified atom stereocenters. The van der Waals surface area contributed by atoms with Crippen molar-refractivity contribution in [2.24, 2.45) is 0 Å². The predicted molar refractivity (Wildman–Crippen MR) is 88.6 cm³/mol. The molecule has 0 aliphatic rings. The van der Waals surface area contributed by atoms with Crippen LogP contribution in [0.2, 0.25) is 0 Å². The molecule has 0 aliphatic heterocycles. The molecular formula is C18H18N2O3. The summed E-state index contributed by atoms with van der Waals surface area (Å²) in [5, 5.41) is 5.37. The zero-order valence-electron chi connectivity index (χ0n) is 12.8. The normalized spacial score (nSPS) is 10.3. The van der Waals surface area contributed by atoms with Gasteiger partial charge in [-0.1, -0.05) is 42.5 Å². The lowest BCUT2D eigenvalue weighted by Gasteiger charge is -2.05. The van der Waals surface area contributed by atoms with E-state index < -0.39 is 0 Å². The standard InChI is InChI=1S/C18H18N2O3/c1-23-17(21)16-9-7-15(8-10-16)13-20-18(22)19-12-11-14-5-3-2-4-6-14/h2-12H,13H2,1H3,(H2,19,20,22)/b12-11+. The smallest absolute Gasteiger partial charge is 0.337 e. The molecule has 2 aromatic rings. The summed E-state index contributed by atoms with van der Waals surface area (Å²) in [5.74, 6) is -0.381. The summed E-state index contributed by atoms with van der Waals surface area (Å²) >= 11 is 0. The highest BCUT2D eigenvalue weighted by Crippen LogP contribution is 2.05. The summed E-state index contributed by atoms with van der Waals surface area (Å²) in [6.07, 6.45) is 3.40. The quantitative estimate of drug-likeness (QED) is 0.834. The maximum atomic E-state index is 11.7. The number of nitrogens with one attached hydrogen (secondary N) is 2. The Morgan fingerprint density at radius 3 is 2.39 bits per heavy atom. The number of carbonyl (C=O) groups excluding carboxylic acids is 2. The van der Waals surface area contributed by atoms with Crippen molar-refractivity contribution in [1.29, 1.82) is 0 Å². The van der Waals surface area contributed by atoms with Crippen LogP contribution in [0.4, 0.5) is 4.79 Å². The highest BCUT2D eigenvalue weighted by Gasteiger charge is 2.04. The van der Waals surface area contributed by atoms with Crippen molar-refractivity contribution in [3.05, 3.63) is 77.5 Å². The average molecular weight is 310 g/mol. The summed E-state index contributed by atoms with van der Waals surface area (Å²) in [5.41, 5.74) is 2.37. The third-order valence-corrected chi connectivity index (χ3v) is 3.12. The van der Waals surface area contributed by atoms with Crippen LogP contribution in [0.5, 0.6) is 0 Å². The number of benzene rings is 2. The van der Waals surface area contributed by atoms with Crippen LogP contribution >= 0.6 is 0 Å². The molecule has 0 spiro atoms. The van der Waals surface area contributed by atoms with Gasteiger partial charge in [-0.15, -0.1) is 0 Å². The number of hydrogen-bond donors (Lipinski definition) is 2. The van der Waals surface area contributed by atoms with E-state index in [1.54, 1.807) is 30.5 Å². The second kappa shape index (κ2) is 8.38. The van der Waals surface area contributed by atoms with Crippen LogP contribution in [0, 0.1) is 0 Å². The van der Waals surface area contributed by atoms with Gasteiger partial charge in [0.1, 0.15) is 0 Å². The number of esters is 1. The van der Waals surface area contributed by atoms with Gasteiger partial charge in [-0.25, -0.2) is 9.59 Å². The van der Waals surface area contributed by atoms with Crippen LogP contribution in [0.15, 0.2) is 60.8 Å². The first-order valence-electron chi connectivity index (χ1n) is 7.12. The highest BCUT2D eigenvalue weighted by atomic mass is 16.5. The second-order valence-corrected chi connectivity index (χ2v) is 4.76. The lowest BCUT2D eigenvalue weighted by atomic mass is 10.1. The van der Waals surface area contributed by atoms with Crippen molar-refractivity contribution in [3.8, 4) is 0 Å². The minimum Gasteiger partial charge on any atom is -0.465 e. The molecule has 0 aliphatic carbocycles. The molecule has 0 aromatic heterocycles. The highest BCUT2D eigenvalue weighted by molar-refractivity contribution is 5.89. The molecule has 5 nitrogen and oxygen atoms in total. The Morgan fingerprint density at radius 2 is 1.74 bits per heavy atom. The number of hydrogen-bond acceptors (Lipinski definition) is 3. The van der Waals surface area contributed by atoms with Gasteiger partial charge in [0.15, 0.2) is 0 Å². The van der Waals surface area contributed by atoms with Gasteiger partial charge in [0.2, 0.25) is 0 Å². The van der Waals surface area contributed by atoms with Crippen molar-refractivity contribution in [1.82, 2.24) is 10.6 Å². The topological polar surface area (TPSA) is 67.4 Å². The molecule has 2 rings (SSSR count). The Labute approximate surface area is 135 Å². The molecule has 0 saturated carbocycles. The molecule has 0 saturated heterocycles. The van der Waals surface area contributed by atoms with Gasteiger partial charge >= 0.3 is 12.0 Å². The molecule has 2 N–H and O–H groups in total. The summed E-state index contributed by atoms with van der Waals surface area (Å²) < 4.78 is 4.63. The fourth-order valence-corrected chi connectivity index (χ4v) is 1.89. The van der Waals surface area contributed by atoms with E-state index in [4.69, 9.17) is 0 Å². The van der Waals surface area contributed by atoms with Crippen LogP contribution < -0.4 is 10.6 Å². The third kappa shape index (κ3) is 5.32. The summed E-state index contributed by atoms with van der Waals surface area (Å²) in [4.78, 5) is 23.0. The second-order valence-electron chi connectivity index (χ2n) is 4.76. The molecule has 5 heteroatoms. The first-order chi connectivity index (χ1) is 11.2. The van der Waals surface area contributed by atoms with E-state index in [-0.39, 0.29) is 12.0 Å². The fraction of sp³-hybridized carbons (Fsp3) is 0.111. The van der Waals surface area contributed by atoms with Crippen LogP contribution in [0.25, 0.3) is 6.08 Å². The Balaban J connectivity index is 1.78. The lowest BCUT2D eigenvalue weighted by molar-refractivity contribution is 0.0600. The van der Waals surface area contributed by atoms with Gasteiger partial charge in [0.05, 0.1) is 12.7 Å². The Hall–Kier alpha value is -3.08. The number of ether oxygens (including phenoxy) is 1. The van der Waals surface area contributed by atoms with E-state index in [2.05, 4.69) is 15.4 Å². The van der Waals surface area contributed by atoms with Gasteiger partial charge in [-0.05, 0) is 29.3 Å². The number of rotatable bonds is 5. The molecule has 0 heterocycles. The van der Waals surface area contributed by atoms with Gasteiger partial charge in [-0.2, -0.15) is 0 Å². The first kappa shape index (κ1) is 16.3. The van der Waals surface area contributed by atoms with Crippen LogP contribution in [0.1, 0.15) is 21.5 Å². The summed E-state index contributed by atoms with van der Waals surface area (Å²) in [6.45, 7) is 0.368. The monoisotopic (exact) mass is 310 g/mol. The van der Waals surface area contributed by atoms with E-state index in [0.29, 0.717) is 12.1 Å². The van der Waals surface area contributed by atoms with Crippen LogP contribution in [0.3, 0.4) is 0 Å². The molecule has 0 radical (unpaired) electrons. The van der Waals surface area contributed by atoms with E-state index in [0.717, 1.165) is 11.1 Å². The molecule has 23 heavy (non-hydrogen) atoms. The number of urea groups is 1. The molecule has 118 valence electrons. The number of methoxy groups -OCH3 is 1. The number of amides is 2. The third-order valence-electron chi connectivity index (χ3n) is 3.12. The summed E-state index contributed by atoms with van der Waals surface area (Å²) in [7, 11) is 1.34. The molecule has 0 atom stereocenters. The molecule has 2 amide bonds. The molecule has 0 fully saturated rings. The minimum atomic E-state index is -0.381. The Kier molecular flexibility index (Phi) is 5.94. The Bertz CT molecular complexity index is 679. The maximum Gasteiger partial charge on any atom is 0.337 e. The molecule has 2 aromatic carbocycles. The zero-order valence-corrected chi connectivity index (χ0v) is 12.8. The average Bonchev–Trinajstić information content (AvgIpc) is 2.60. The Morgan fingerprint density at radius 1 is 1.04 bits per heavy atom. The SMILES string of the molecule is COC(=O)c1ccc(CNC(=O)N/C=C/c2ccccc2)cc1. The van der Waals surface area contributed by atoms with E-state index in [9.17, 15) is 9.59 Å². The lowest BCUT2D eigenvalue weighted by Crippen LogP contribution is -2.31. The fourth-order valence-electron chi connectivity index (χ4n) is 1.89. The van der Waals surface area contributed by atoms with E-state index in [1.165, 1.54) is 7.11 Å². The van der Waals surface area contributed by atoms with Crippen molar-refractivity contribution >= 4 is 18.1 Å². The molecular weight excluding hydrogens is 292 g/mol. The van der Waals surface area contributed by atoms with Crippen molar-refractivity contribution in [3.63, 3.8) is 0 Å². The van der Waals surface area contributed by atoms with Crippen molar-refractivity contribution < 1.29 is 14.3 Å². The van der Waals surface area contributed by atoms with Crippen molar-refractivity contribution in [2.45, 2.75) is 6.54 Å². The zero-order chi connectivity index (χ0) is 16.5. The van der Waals surface area contributed by atoms with Gasteiger partial charge in [-0.3, -0.25) is 0 Å². The predicted octanol–water partition coefficient (Wildman–Crippen LogP) is 2.94.